The Labute approximate surface area is 174 Å². The molecule has 0 atom stereocenters. The number of nitrogens with zero attached hydrogens (tertiary/aromatic N) is 1. The highest BCUT2D eigenvalue weighted by molar-refractivity contribution is 6.04. The molecule has 3 aromatic rings. The van der Waals surface area contributed by atoms with Gasteiger partial charge in [0.25, 0.3) is 11.8 Å². The first-order chi connectivity index (χ1) is 14.6. The molecule has 3 rings (SSSR count). The fraction of sp³-hybridized carbons (Fsp3) is 0.0417. The van der Waals surface area contributed by atoms with Crippen molar-refractivity contribution in [3.8, 4) is 5.75 Å². The highest BCUT2D eigenvalue weighted by Gasteiger charge is 2.08. The van der Waals surface area contributed by atoms with E-state index in [-0.39, 0.29) is 11.7 Å². The van der Waals surface area contributed by atoms with Gasteiger partial charge in [-0.15, -0.1) is 6.58 Å². The van der Waals surface area contributed by atoms with Crippen LogP contribution in [0.5, 0.6) is 5.75 Å². The van der Waals surface area contributed by atoms with Gasteiger partial charge < -0.3 is 10.4 Å². The largest absolute Gasteiger partial charge is 0.507 e. The van der Waals surface area contributed by atoms with Crippen LogP contribution in [0.3, 0.4) is 0 Å². The van der Waals surface area contributed by atoms with E-state index in [9.17, 15) is 14.7 Å². The van der Waals surface area contributed by atoms with Crippen LogP contribution in [0.2, 0.25) is 0 Å². The highest BCUT2D eigenvalue weighted by Crippen LogP contribution is 2.21. The van der Waals surface area contributed by atoms with Gasteiger partial charge in [0.05, 0.1) is 6.21 Å². The first-order valence-corrected chi connectivity index (χ1v) is 9.30. The van der Waals surface area contributed by atoms with E-state index in [0.29, 0.717) is 28.8 Å². The number of para-hydroxylation sites is 1. The zero-order valence-electron chi connectivity index (χ0n) is 16.2. The number of allylic oxidation sites excluding steroid dienone is 1. The monoisotopic (exact) mass is 399 g/mol. The van der Waals surface area contributed by atoms with E-state index >= 15 is 0 Å². The van der Waals surface area contributed by atoms with Crippen LogP contribution < -0.4 is 10.7 Å². The molecule has 150 valence electrons. The van der Waals surface area contributed by atoms with Crippen LogP contribution in [0.4, 0.5) is 5.69 Å². The highest BCUT2D eigenvalue weighted by atomic mass is 16.3. The van der Waals surface area contributed by atoms with Crippen molar-refractivity contribution in [3.05, 3.63) is 108 Å². The summed E-state index contributed by atoms with van der Waals surface area (Å²) in [4.78, 5) is 24.4. The maximum atomic E-state index is 12.3. The molecule has 3 N–H and O–H groups in total. The molecule has 30 heavy (non-hydrogen) atoms. The van der Waals surface area contributed by atoms with E-state index < -0.39 is 5.91 Å². The third-order valence-corrected chi connectivity index (χ3v) is 4.33. The van der Waals surface area contributed by atoms with Gasteiger partial charge in [0.2, 0.25) is 0 Å². The standard InChI is InChI=1S/C24H21N3O3/c1-2-7-17-10-6-11-20(22(17)28)16-25-27-24(30)19-12-14-21(15-13-19)26-23(29)18-8-4-3-5-9-18/h2-6,8-16,28H,1,7H2,(H,26,29)(H,27,30). The van der Waals surface area contributed by atoms with Crippen molar-refractivity contribution in [1.82, 2.24) is 5.43 Å². The van der Waals surface area contributed by atoms with E-state index in [4.69, 9.17) is 0 Å². The van der Waals surface area contributed by atoms with Crippen LogP contribution in [0, 0.1) is 0 Å². The second-order valence-electron chi connectivity index (χ2n) is 6.44. The number of carbonyl (C=O) groups is 2. The number of phenols is 1. The normalized spacial score (nSPS) is 10.5. The fourth-order valence-corrected chi connectivity index (χ4v) is 2.76. The SMILES string of the molecule is C=CCc1cccc(C=NNC(=O)c2ccc(NC(=O)c3ccccc3)cc2)c1O. The smallest absolute Gasteiger partial charge is 0.271 e. The van der Waals surface area contributed by atoms with Crippen molar-refractivity contribution in [3.63, 3.8) is 0 Å². The van der Waals surface area contributed by atoms with Crippen molar-refractivity contribution in [2.75, 3.05) is 5.32 Å². The second-order valence-corrected chi connectivity index (χ2v) is 6.44. The van der Waals surface area contributed by atoms with Crippen molar-refractivity contribution in [2.45, 2.75) is 6.42 Å². The fourth-order valence-electron chi connectivity index (χ4n) is 2.76. The topological polar surface area (TPSA) is 90.8 Å². The minimum atomic E-state index is -0.408. The van der Waals surface area contributed by atoms with Crippen LogP contribution in [-0.4, -0.2) is 23.1 Å². The van der Waals surface area contributed by atoms with E-state index in [1.165, 1.54) is 6.21 Å². The molecule has 6 nitrogen and oxygen atoms in total. The van der Waals surface area contributed by atoms with Crippen LogP contribution in [0.15, 0.2) is 90.6 Å². The predicted molar refractivity (Wildman–Crippen MR) is 118 cm³/mol. The number of anilines is 1. The molecular weight excluding hydrogens is 378 g/mol. The zero-order chi connectivity index (χ0) is 21.3. The summed E-state index contributed by atoms with van der Waals surface area (Å²) in [6.45, 7) is 3.66. The molecule has 0 aliphatic rings. The summed E-state index contributed by atoms with van der Waals surface area (Å²) < 4.78 is 0. The van der Waals surface area contributed by atoms with Crippen LogP contribution in [0.1, 0.15) is 31.8 Å². The number of rotatable bonds is 7. The summed E-state index contributed by atoms with van der Waals surface area (Å²) in [7, 11) is 0. The molecule has 0 saturated carbocycles. The number of hydrazone groups is 1. The van der Waals surface area contributed by atoms with E-state index in [1.54, 1.807) is 72.8 Å². The molecule has 0 spiro atoms. The minimum absolute atomic E-state index is 0.105. The Kier molecular flexibility index (Phi) is 6.74. The van der Waals surface area contributed by atoms with Crippen LogP contribution in [-0.2, 0) is 6.42 Å². The van der Waals surface area contributed by atoms with Crippen molar-refractivity contribution < 1.29 is 14.7 Å². The summed E-state index contributed by atoms with van der Waals surface area (Å²) in [5, 5.41) is 16.9. The number of aromatic hydroxyl groups is 1. The minimum Gasteiger partial charge on any atom is -0.507 e. The Morgan fingerprint density at radius 1 is 0.900 bits per heavy atom. The lowest BCUT2D eigenvalue weighted by molar-refractivity contribution is 0.0954. The first kappa shape index (κ1) is 20.5. The Morgan fingerprint density at radius 2 is 1.60 bits per heavy atom. The zero-order valence-corrected chi connectivity index (χ0v) is 16.2. The van der Waals surface area contributed by atoms with Crippen LogP contribution >= 0.6 is 0 Å². The molecule has 0 unspecified atom stereocenters. The Bertz CT molecular complexity index is 1070. The van der Waals surface area contributed by atoms with E-state index in [0.717, 1.165) is 5.56 Å². The molecule has 0 aliphatic carbocycles. The molecule has 2 amide bonds. The van der Waals surface area contributed by atoms with Gasteiger partial charge in [0.15, 0.2) is 0 Å². The van der Waals surface area contributed by atoms with Crippen LogP contribution in [0.25, 0.3) is 0 Å². The average Bonchev–Trinajstić information content (AvgIpc) is 2.77. The Morgan fingerprint density at radius 3 is 2.30 bits per heavy atom. The molecule has 0 heterocycles. The molecule has 3 aromatic carbocycles. The lowest BCUT2D eigenvalue weighted by Gasteiger charge is -2.06. The first-order valence-electron chi connectivity index (χ1n) is 9.30. The summed E-state index contributed by atoms with van der Waals surface area (Å²) in [6, 6.07) is 20.6. The van der Waals surface area contributed by atoms with Gasteiger partial charge in [-0.25, -0.2) is 5.43 Å². The number of benzene rings is 3. The quantitative estimate of drug-likeness (QED) is 0.317. The van der Waals surface area contributed by atoms with E-state index in [2.05, 4.69) is 22.4 Å². The molecule has 0 saturated heterocycles. The molecule has 6 heteroatoms. The van der Waals surface area contributed by atoms with Gasteiger partial charge in [-0.05, 0) is 54.4 Å². The second kappa shape index (κ2) is 9.84. The number of nitrogens with one attached hydrogen (secondary N) is 2. The Balaban J connectivity index is 1.60. The third-order valence-electron chi connectivity index (χ3n) is 4.33. The molecule has 0 fully saturated rings. The van der Waals surface area contributed by atoms with Crippen molar-refractivity contribution in [2.24, 2.45) is 5.10 Å². The van der Waals surface area contributed by atoms with Gasteiger partial charge in [0, 0.05) is 22.4 Å². The molecule has 0 aromatic heterocycles. The summed E-state index contributed by atoms with van der Waals surface area (Å²) in [5.41, 5.74) is 5.16. The third kappa shape index (κ3) is 5.20. The van der Waals surface area contributed by atoms with Crippen molar-refractivity contribution in [1.29, 1.82) is 0 Å². The molecule has 0 bridgehead atoms. The molecule has 0 aliphatic heterocycles. The Hall–Kier alpha value is -4.19. The van der Waals surface area contributed by atoms with Gasteiger partial charge in [-0.2, -0.15) is 5.10 Å². The number of amides is 2. The maximum Gasteiger partial charge on any atom is 0.271 e. The number of hydrogen-bond acceptors (Lipinski definition) is 4. The number of hydrogen-bond donors (Lipinski definition) is 3. The van der Waals surface area contributed by atoms with Gasteiger partial charge in [-0.1, -0.05) is 36.4 Å². The number of phenolic OH excluding ortho intramolecular Hbond substituents is 1. The van der Waals surface area contributed by atoms with Crippen molar-refractivity contribution >= 4 is 23.7 Å². The van der Waals surface area contributed by atoms with E-state index in [1.807, 2.05) is 6.07 Å². The number of carbonyl (C=O) groups excluding carboxylic acids is 2. The summed E-state index contributed by atoms with van der Waals surface area (Å²) in [5.74, 6) is -0.529. The lowest BCUT2D eigenvalue weighted by Crippen LogP contribution is -2.18. The van der Waals surface area contributed by atoms with Gasteiger partial charge >= 0.3 is 0 Å². The summed E-state index contributed by atoms with van der Waals surface area (Å²) >= 11 is 0. The average molecular weight is 399 g/mol. The predicted octanol–water partition coefficient (Wildman–Crippen LogP) is 4.14. The van der Waals surface area contributed by atoms with Gasteiger partial charge in [-0.3, -0.25) is 9.59 Å². The molecule has 0 radical (unpaired) electrons. The molecular formula is C24H21N3O3. The lowest BCUT2D eigenvalue weighted by atomic mass is 10.1. The van der Waals surface area contributed by atoms with Gasteiger partial charge in [0.1, 0.15) is 5.75 Å². The summed E-state index contributed by atoms with van der Waals surface area (Å²) in [6.07, 6.45) is 3.62. The maximum absolute atomic E-state index is 12.3.